The monoisotopic (exact) mass is 349 g/mol. The van der Waals surface area contributed by atoms with Crippen molar-refractivity contribution in [1.29, 1.82) is 0 Å². The fraction of sp³-hybridized carbons (Fsp3) is 0.188. The highest BCUT2D eigenvalue weighted by molar-refractivity contribution is 9.10. The van der Waals surface area contributed by atoms with Crippen molar-refractivity contribution in [2.45, 2.75) is 6.04 Å². The van der Waals surface area contributed by atoms with Crippen LogP contribution >= 0.6 is 15.9 Å². The highest BCUT2D eigenvalue weighted by atomic mass is 79.9. The molecule has 0 aromatic heterocycles. The molecule has 0 saturated carbocycles. The Hall–Kier alpha value is -1.85. The van der Waals surface area contributed by atoms with E-state index in [0.29, 0.717) is 5.69 Å². The molecule has 0 aliphatic carbocycles. The summed E-state index contributed by atoms with van der Waals surface area (Å²) in [7, 11) is 1.39. The molecule has 0 saturated heterocycles. The van der Waals surface area contributed by atoms with Gasteiger partial charge in [-0.3, -0.25) is 0 Å². The summed E-state index contributed by atoms with van der Waals surface area (Å²) in [6, 6.07) is 15.7. The van der Waals surface area contributed by atoms with Crippen molar-refractivity contribution in [2.24, 2.45) is 0 Å². The van der Waals surface area contributed by atoms with E-state index in [4.69, 9.17) is 10.5 Å². The van der Waals surface area contributed by atoms with Gasteiger partial charge in [-0.2, -0.15) is 0 Å². The molecule has 2 rings (SSSR count). The molecule has 0 amide bonds. The number of esters is 1. The van der Waals surface area contributed by atoms with Gasteiger partial charge < -0.3 is 15.8 Å². The van der Waals surface area contributed by atoms with Crippen LogP contribution in [-0.4, -0.2) is 19.6 Å². The Morgan fingerprint density at radius 1 is 1.29 bits per heavy atom. The summed E-state index contributed by atoms with van der Waals surface area (Å²) in [5, 5.41) is 1.93. The second kappa shape index (κ2) is 7.24. The minimum absolute atomic E-state index is 0.0530. The Bertz CT molecular complexity index is 617. The highest BCUT2D eigenvalue weighted by Crippen LogP contribution is 2.26. The molecule has 0 aliphatic heterocycles. The van der Waals surface area contributed by atoms with E-state index in [0.717, 1.165) is 15.6 Å². The van der Waals surface area contributed by atoms with Gasteiger partial charge in [-0.15, -0.1) is 0 Å². The van der Waals surface area contributed by atoms with E-state index in [1.807, 2.05) is 53.8 Å². The first kappa shape index (κ1) is 15.5. The van der Waals surface area contributed by atoms with E-state index in [-0.39, 0.29) is 18.6 Å². The van der Waals surface area contributed by atoms with Gasteiger partial charge in [0.2, 0.25) is 0 Å². The third-order valence-corrected chi connectivity index (χ3v) is 3.78. The zero-order valence-electron chi connectivity index (χ0n) is 11.8. The molecule has 1 atom stereocenters. The van der Waals surface area contributed by atoms with Crippen LogP contribution in [0, 0.1) is 0 Å². The summed E-state index contributed by atoms with van der Waals surface area (Å²) >= 11 is 3.47. The lowest BCUT2D eigenvalue weighted by Crippen LogP contribution is -2.87. The van der Waals surface area contributed by atoms with E-state index < -0.39 is 0 Å². The van der Waals surface area contributed by atoms with Gasteiger partial charge in [0.15, 0.2) is 6.54 Å². The second-order valence-electron chi connectivity index (χ2n) is 4.68. The summed E-state index contributed by atoms with van der Waals surface area (Å²) in [6.45, 7) is 0.238. The van der Waals surface area contributed by atoms with Gasteiger partial charge in [0.1, 0.15) is 6.04 Å². The topological polar surface area (TPSA) is 68.9 Å². The number of hydrogen-bond donors (Lipinski definition) is 2. The largest absolute Gasteiger partial charge is 0.465 e. The fourth-order valence-electron chi connectivity index (χ4n) is 2.22. The van der Waals surface area contributed by atoms with Crippen LogP contribution in [0.5, 0.6) is 0 Å². The molecular formula is C16H18BrN2O2+. The lowest BCUT2D eigenvalue weighted by Gasteiger charge is -2.18. The van der Waals surface area contributed by atoms with Crippen molar-refractivity contribution in [2.75, 3.05) is 19.4 Å². The number of methoxy groups -OCH3 is 1. The quantitative estimate of drug-likeness (QED) is 0.639. The van der Waals surface area contributed by atoms with Crippen LogP contribution in [0.4, 0.5) is 5.69 Å². The molecule has 0 fully saturated rings. The summed E-state index contributed by atoms with van der Waals surface area (Å²) in [6.07, 6.45) is 0. The average Bonchev–Trinajstić information content (AvgIpc) is 2.51. The van der Waals surface area contributed by atoms with Crippen molar-refractivity contribution in [3.8, 4) is 0 Å². The zero-order valence-corrected chi connectivity index (χ0v) is 13.3. The molecule has 21 heavy (non-hydrogen) atoms. The minimum atomic E-state index is -0.260. The molecule has 0 spiro atoms. The number of anilines is 1. The Morgan fingerprint density at radius 3 is 2.67 bits per heavy atom. The predicted molar refractivity (Wildman–Crippen MR) is 85.6 cm³/mol. The van der Waals surface area contributed by atoms with E-state index in [9.17, 15) is 4.79 Å². The van der Waals surface area contributed by atoms with Crippen molar-refractivity contribution in [3.63, 3.8) is 0 Å². The normalized spacial score (nSPS) is 11.9. The molecule has 2 aromatic carbocycles. The molecule has 0 heterocycles. The third-order valence-electron chi connectivity index (χ3n) is 3.29. The smallest absolute Gasteiger partial charge is 0.361 e. The average molecular weight is 350 g/mol. The van der Waals surface area contributed by atoms with Crippen LogP contribution in [0.15, 0.2) is 53.0 Å². The van der Waals surface area contributed by atoms with E-state index in [2.05, 4.69) is 15.9 Å². The number of nitrogen functional groups attached to an aromatic ring is 1. The number of ether oxygens (including phenoxy) is 1. The Kier molecular flexibility index (Phi) is 5.36. The van der Waals surface area contributed by atoms with Crippen LogP contribution in [0.1, 0.15) is 17.2 Å². The molecule has 110 valence electrons. The molecule has 5 heteroatoms. The number of nitrogens with two attached hydrogens (primary N) is 2. The van der Waals surface area contributed by atoms with Crippen LogP contribution in [0.2, 0.25) is 0 Å². The molecule has 0 aliphatic rings. The van der Waals surface area contributed by atoms with Gasteiger partial charge >= 0.3 is 5.97 Å². The van der Waals surface area contributed by atoms with Crippen molar-refractivity contribution in [1.82, 2.24) is 0 Å². The highest BCUT2D eigenvalue weighted by Gasteiger charge is 2.21. The van der Waals surface area contributed by atoms with Crippen molar-refractivity contribution in [3.05, 3.63) is 64.1 Å². The van der Waals surface area contributed by atoms with Gasteiger partial charge in [-0.05, 0) is 18.2 Å². The number of benzene rings is 2. The van der Waals surface area contributed by atoms with E-state index >= 15 is 0 Å². The number of quaternary nitrogens is 1. The first-order valence-electron chi connectivity index (χ1n) is 6.62. The predicted octanol–water partition coefficient (Wildman–Crippen LogP) is 1.86. The third kappa shape index (κ3) is 4.06. The van der Waals surface area contributed by atoms with Crippen LogP contribution in [0.25, 0.3) is 0 Å². The van der Waals surface area contributed by atoms with Crippen molar-refractivity contribution < 1.29 is 14.8 Å². The first-order valence-corrected chi connectivity index (χ1v) is 7.41. The summed E-state index contributed by atoms with van der Waals surface area (Å²) < 4.78 is 5.67. The molecule has 2 aromatic rings. The standard InChI is InChI=1S/C16H17BrN2O2/c1-21-15(20)10-19-16(11-5-3-2-4-6-11)13-9-12(17)7-8-14(13)18/h2-9,16,19H,10,18H2,1H3/p+1/t16-/m0/s1. The lowest BCUT2D eigenvalue weighted by atomic mass is 9.97. The summed E-state index contributed by atoms with van der Waals surface area (Å²) in [5.41, 5.74) is 8.87. The minimum Gasteiger partial charge on any atom is -0.465 e. The molecule has 4 N–H and O–H groups in total. The molecule has 0 unspecified atom stereocenters. The fourth-order valence-corrected chi connectivity index (χ4v) is 2.59. The first-order chi connectivity index (χ1) is 10.1. The van der Waals surface area contributed by atoms with Gasteiger partial charge in [-0.1, -0.05) is 46.3 Å². The number of hydrogen-bond acceptors (Lipinski definition) is 3. The van der Waals surface area contributed by atoms with Crippen LogP contribution in [-0.2, 0) is 9.53 Å². The maximum absolute atomic E-state index is 11.4. The summed E-state index contributed by atoms with van der Waals surface area (Å²) in [5.74, 6) is -0.260. The van der Waals surface area contributed by atoms with Gasteiger partial charge in [0.25, 0.3) is 0 Å². The Balaban J connectivity index is 2.35. The number of carbonyl (C=O) groups is 1. The van der Waals surface area contributed by atoms with Crippen molar-refractivity contribution >= 4 is 27.6 Å². The number of rotatable bonds is 5. The van der Waals surface area contributed by atoms with Gasteiger partial charge in [0.05, 0.1) is 7.11 Å². The Labute approximate surface area is 132 Å². The summed E-state index contributed by atoms with van der Waals surface area (Å²) in [4.78, 5) is 11.4. The molecule has 4 nitrogen and oxygen atoms in total. The zero-order chi connectivity index (χ0) is 15.2. The number of carbonyl (C=O) groups excluding carboxylic acids is 1. The maximum atomic E-state index is 11.4. The molecular weight excluding hydrogens is 332 g/mol. The van der Waals surface area contributed by atoms with Crippen LogP contribution < -0.4 is 11.1 Å². The Morgan fingerprint density at radius 2 is 2.00 bits per heavy atom. The van der Waals surface area contributed by atoms with Gasteiger partial charge in [-0.25, -0.2) is 4.79 Å². The van der Waals surface area contributed by atoms with Gasteiger partial charge in [0, 0.05) is 21.3 Å². The maximum Gasteiger partial charge on any atom is 0.361 e. The van der Waals surface area contributed by atoms with E-state index in [1.165, 1.54) is 7.11 Å². The van der Waals surface area contributed by atoms with E-state index in [1.54, 1.807) is 0 Å². The second-order valence-corrected chi connectivity index (χ2v) is 5.59. The SMILES string of the molecule is COC(=O)C[NH2+][C@@H](c1ccccc1)c1cc(Br)ccc1N. The van der Waals surface area contributed by atoms with Crippen LogP contribution in [0.3, 0.4) is 0 Å². The lowest BCUT2D eigenvalue weighted by molar-refractivity contribution is -0.677. The molecule has 0 bridgehead atoms. The number of halogens is 1. The molecule has 0 radical (unpaired) electrons.